The maximum atomic E-state index is 12.0. The van der Waals surface area contributed by atoms with Crippen molar-refractivity contribution in [2.75, 3.05) is 13.7 Å². The van der Waals surface area contributed by atoms with E-state index >= 15 is 0 Å². The number of piperidine rings is 1. The second-order valence-corrected chi connectivity index (χ2v) is 5.14. The van der Waals surface area contributed by atoms with Gasteiger partial charge >= 0.3 is 0 Å². The Morgan fingerprint density at radius 3 is 2.89 bits per heavy atom. The molecule has 1 fully saturated rings. The molecule has 1 aliphatic heterocycles. The second-order valence-electron chi connectivity index (χ2n) is 5.14. The normalized spacial score (nSPS) is 22.8. The predicted molar refractivity (Wildman–Crippen MR) is 75.3 cm³/mol. The number of benzene rings is 1. The molecule has 0 saturated carbocycles. The van der Waals surface area contributed by atoms with Gasteiger partial charge in [-0.15, -0.1) is 0 Å². The lowest BCUT2D eigenvalue weighted by molar-refractivity contribution is -0.121. The first-order valence-electron chi connectivity index (χ1n) is 6.83. The van der Waals surface area contributed by atoms with Gasteiger partial charge in [0.15, 0.2) is 0 Å². The van der Waals surface area contributed by atoms with Crippen molar-refractivity contribution in [3.63, 3.8) is 0 Å². The zero-order valence-corrected chi connectivity index (χ0v) is 11.6. The molecule has 1 saturated heterocycles. The summed E-state index contributed by atoms with van der Waals surface area (Å²) in [7, 11) is 1.63. The molecule has 2 unspecified atom stereocenters. The molecule has 0 bridgehead atoms. The van der Waals surface area contributed by atoms with Gasteiger partial charge in [0.2, 0.25) is 5.91 Å². The smallest absolute Gasteiger partial charge is 0.224 e. The summed E-state index contributed by atoms with van der Waals surface area (Å²) < 4.78 is 5.26. The van der Waals surface area contributed by atoms with E-state index in [0.29, 0.717) is 12.5 Å². The van der Waals surface area contributed by atoms with E-state index in [0.717, 1.165) is 30.7 Å². The number of rotatable bonds is 4. The monoisotopic (exact) mass is 262 g/mol. The molecule has 1 aromatic rings. The summed E-state index contributed by atoms with van der Waals surface area (Å²) in [6.07, 6.45) is 2.53. The maximum Gasteiger partial charge on any atom is 0.224 e. The number of carbonyl (C=O) groups excluding carboxylic acids is 1. The van der Waals surface area contributed by atoms with Gasteiger partial charge in [-0.1, -0.05) is 18.2 Å². The molecule has 2 N–H and O–H groups in total. The number of hydrogen-bond donors (Lipinski definition) is 2. The minimum atomic E-state index is 0.0610. The van der Waals surface area contributed by atoms with Crippen LogP contribution in [0, 0.1) is 0 Å². The van der Waals surface area contributed by atoms with Crippen LogP contribution < -0.4 is 15.4 Å². The lowest BCUT2D eigenvalue weighted by atomic mass is 10.0. The standard InChI is InChI=1S/C15H22N2O2/c1-11-7-8-13(10-16-11)17-15(18)9-12-5-3-4-6-14(12)19-2/h3-6,11,13,16H,7-10H2,1-2H3,(H,17,18). The van der Waals surface area contributed by atoms with Crippen LogP contribution in [-0.4, -0.2) is 31.6 Å². The molecule has 2 atom stereocenters. The molecule has 0 aliphatic carbocycles. The number of ether oxygens (including phenoxy) is 1. The third-order valence-electron chi connectivity index (χ3n) is 3.57. The van der Waals surface area contributed by atoms with Crippen molar-refractivity contribution in [1.29, 1.82) is 0 Å². The van der Waals surface area contributed by atoms with Crippen LogP contribution in [0.5, 0.6) is 5.75 Å². The highest BCUT2D eigenvalue weighted by Crippen LogP contribution is 2.17. The molecule has 1 aliphatic rings. The summed E-state index contributed by atoms with van der Waals surface area (Å²) in [5.41, 5.74) is 0.930. The lowest BCUT2D eigenvalue weighted by Crippen LogP contribution is -2.49. The van der Waals surface area contributed by atoms with Crippen LogP contribution in [0.2, 0.25) is 0 Å². The molecule has 2 rings (SSSR count). The highest BCUT2D eigenvalue weighted by Gasteiger charge is 2.19. The summed E-state index contributed by atoms with van der Waals surface area (Å²) in [4.78, 5) is 12.0. The minimum Gasteiger partial charge on any atom is -0.496 e. The summed E-state index contributed by atoms with van der Waals surface area (Å²) in [5, 5.41) is 6.47. The second kappa shape index (κ2) is 6.57. The summed E-state index contributed by atoms with van der Waals surface area (Å²) in [6.45, 7) is 3.03. The highest BCUT2D eigenvalue weighted by atomic mass is 16.5. The van der Waals surface area contributed by atoms with Crippen molar-refractivity contribution in [1.82, 2.24) is 10.6 Å². The first-order valence-corrected chi connectivity index (χ1v) is 6.83. The fourth-order valence-electron chi connectivity index (χ4n) is 2.42. The number of carbonyl (C=O) groups is 1. The first kappa shape index (κ1) is 13.9. The minimum absolute atomic E-state index is 0.0610. The molecule has 1 heterocycles. The maximum absolute atomic E-state index is 12.0. The lowest BCUT2D eigenvalue weighted by Gasteiger charge is -2.28. The fourth-order valence-corrected chi connectivity index (χ4v) is 2.42. The topological polar surface area (TPSA) is 50.4 Å². The number of amides is 1. The van der Waals surface area contributed by atoms with Crippen LogP contribution in [-0.2, 0) is 11.2 Å². The Kier molecular flexibility index (Phi) is 4.80. The van der Waals surface area contributed by atoms with E-state index in [1.54, 1.807) is 7.11 Å². The zero-order chi connectivity index (χ0) is 13.7. The van der Waals surface area contributed by atoms with Gasteiger partial charge in [-0.25, -0.2) is 0 Å². The third-order valence-corrected chi connectivity index (χ3v) is 3.57. The Labute approximate surface area is 114 Å². The molecule has 0 aromatic heterocycles. The molecule has 0 spiro atoms. The quantitative estimate of drug-likeness (QED) is 0.864. The highest BCUT2D eigenvalue weighted by molar-refractivity contribution is 5.79. The predicted octanol–water partition coefficient (Wildman–Crippen LogP) is 1.49. The fraction of sp³-hybridized carbons (Fsp3) is 0.533. The molecule has 104 valence electrons. The Balaban J connectivity index is 1.87. The number of nitrogens with one attached hydrogen (secondary N) is 2. The number of para-hydroxylation sites is 1. The van der Waals surface area contributed by atoms with E-state index in [9.17, 15) is 4.79 Å². The van der Waals surface area contributed by atoms with E-state index in [-0.39, 0.29) is 11.9 Å². The van der Waals surface area contributed by atoms with Gasteiger partial charge in [0.25, 0.3) is 0 Å². The van der Waals surface area contributed by atoms with Crippen molar-refractivity contribution in [2.24, 2.45) is 0 Å². The Hall–Kier alpha value is -1.55. The summed E-state index contributed by atoms with van der Waals surface area (Å²) in [5.74, 6) is 0.832. The molecule has 1 amide bonds. The van der Waals surface area contributed by atoms with Gasteiger partial charge in [-0.2, -0.15) is 0 Å². The Morgan fingerprint density at radius 1 is 1.42 bits per heavy atom. The van der Waals surface area contributed by atoms with Gasteiger partial charge < -0.3 is 15.4 Å². The van der Waals surface area contributed by atoms with E-state index in [4.69, 9.17) is 4.74 Å². The van der Waals surface area contributed by atoms with Gasteiger partial charge in [0.1, 0.15) is 5.75 Å². The van der Waals surface area contributed by atoms with Crippen LogP contribution >= 0.6 is 0 Å². The molecule has 4 nitrogen and oxygen atoms in total. The van der Waals surface area contributed by atoms with Crippen LogP contribution in [0.15, 0.2) is 24.3 Å². The largest absolute Gasteiger partial charge is 0.496 e. The van der Waals surface area contributed by atoms with Crippen molar-refractivity contribution >= 4 is 5.91 Å². The molecular formula is C15H22N2O2. The zero-order valence-electron chi connectivity index (χ0n) is 11.6. The summed E-state index contributed by atoms with van der Waals surface area (Å²) >= 11 is 0. The van der Waals surface area contributed by atoms with Crippen molar-refractivity contribution < 1.29 is 9.53 Å². The van der Waals surface area contributed by atoms with Crippen LogP contribution in [0.3, 0.4) is 0 Å². The molecule has 4 heteroatoms. The van der Waals surface area contributed by atoms with E-state index in [1.807, 2.05) is 24.3 Å². The van der Waals surface area contributed by atoms with Gasteiger partial charge in [-0.05, 0) is 25.8 Å². The van der Waals surface area contributed by atoms with E-state index in [2.05, 4.69) is 17.6 Å². The molecule has 19 heavy (non-hydrogen) atoms. The van der Waals surface area contributed by atoms with Crippen molar-refractivity contribution in [2.45, 2.75) is 38.3 Å². The Morgan fingerprint density at radius 2 is 2.21 bits per heavy atom. The van der Waals surface area contributed by atoms with Crippen LogP contribution in [0.1, 0.15) is 25.3 Å². The SMILES string of the molecule is COc1ccccc1CC(=O)NC1CCC(C)NC1. The number of hydrogen-bond acceptors (Lipinski definition) is 3. The first-order chi connectivity index (χ1) is 9.19. The van der Waals surface area contributed by atoms with Crippen molar-refractivity contribution in [3.05, 3.63) is 29.8 Å². The Bertz CT molecular complexity index is 426. The van der Waals surface area contributed by atoms with Crippen LogP contribution in [0.4, 0.5) is 0 Å². The van der Waals surface area contributed by atoms with Gasteiger partial charge in [0, 0.05) is 24.2 Å². The van der Waals surface area contributed by atoms with Gasteiger partial charge in [-0.3, -0.25) is 4.79 Å². The van der Waals surface area contributed by atoms with E-state index in [1.165, 1.54) is 0 Å². The summed E-state index contributed by atoms with van der Waals surface area (Å²) in [6, 6.07) is 8.45. The molecular weight excluding hydrogens is 240 g/mol. The average molecular weight is 262 g/mol. The molecule has 1 aromatic carbocycles. The van der Waals surface area contributed by atoms with E-state index < -0.39 is 0 Å². The number of methoxy groups -OCH3 is 1. The third kappa shape index (κ3) is 3.96. The molecule has 0 radical (unpaired) electrons. The van der Waals surface area contributed by atoms with Crippen LogP contribution in [0.25, 0.3) is 0 Å². The average Bonchev–Trinajstić information content (AvgIpc) is 2.42. The van der Waals surface area contributed by atoms with Gasteiger partial charge in [0.05, 0.1) is 13.5 Å². The van der Waals surface area contributed by atoms with Crippen molar-refractivity contribution in [3.8, 4) is 5.75 Å².